The summed E-state index contributed by atoms with van der Waals surface area (Å²) in [5.41, 5.74) is 7.39. The van der Waals surface area contributed by atoms with E-state index in [2.05, 4.69) is 20.9 Å². The summed E-state index contributed by atoms with van der Waals surface area (Å²) < 4.78 is 11.7. The number of methoxy groups -OCH3 is 1. The van der Waals surface area contributed by atoms with Gasteiger partial charge in [0.1, 0.15) is 0 Å². The van der Waals surface area contributed by atoms with Crippen molar-refractivity contribution >= 4 is 21.6 Å². The third-order valence-electron chi connectivity index (χ3n) is 2.34. The molecule has 0 aliphatic heterocycles. The van der Waals surface area contributed by atoms with Crippen LogP contribution < -0.4 is 15.2 Å². The van der Waals surface area contributed by atoms with E-state index in [9.17, 15) is 0 Å². The van der Waals surface area contributed by atoms with E-state index in [4.69, 9.17) is 15.2 Å². The maximum Gasteiger partial charge on any atom is 0.233 e. The lowest BCUT2D eigenvalue weighted by molar-refractivity contribution is 0.373. The van der Waals surface area contributed by atoms with Gasteiger partial charge in [0.25, 0.3) is 0 Å². The van der Waals surface area contributed by atoms with Crippen molar-refractivity contribution in [1.29, 1.82) is 0 Å². The lowest BCUT2D eigenvalue weighted by Gasteiger charge is -2.11. The van der Waals surface area contributed by atoms with Gasteiger partial charge in [-0.2, -0.15) is 0 Å². The fourth-order valence-electron chi connectivity index (χ4n) is 1.47. The molecule has 0 aliphatic rings. The number of aryl methyl sites for hydroxylation is 1. The Morgan fingerprint density at radius 2 is 2.00 bits per heavy atom. The molecule has 2 N–H and O–H groups in total. The Morgan fingerprint density at radius 3 is 2.67 bits per heavy atom. The number of nitrogens with two attached hydrogens (primary N) is 1. The largest absolute Gasteiger partial charge is 0.493 e. The molecule has 0 atom stereocenters. The molecule has 18 heavy (non-hydrogen) atoms. The van der Waals surface area contributed by atoms with Crippen LogP contribution in [0.25, 0.3) is 0 Å². The molecule has 4 nitrogen and oxygen atoms in total. The fourth-order valence-corrected chi connectivity index (χ4v) is 2.02. The molecule has 0 bridgehead atoms. The molecule has 94 valence electrons. The highest BCUT2D eigenvalue weighted by molar-refractivity contribution is 9.10. The number of benzene rings is 1. The molecule has 0 aliphatic carbocycles. The molecule has 0 saturated carbocycles. The minimum absolute atomic E-state index is 0.476. The SMILES string of the molecule is COc1ccc(N)cc1Oc1ncc(C)cc1Br. The zero-order valence-electron chi connectivity index (χ0n) is 10.1. The molecule has 2 aromatic rings. The Labute approximate surface area is 114 Å². The third-order valence-corrected chi connectivity index (χ3v) is 2.91. The minimum atomic E-state index is 0.476. The van der Waals surface area contributed by atoms with Gasteiger partial charge in [-0.15, -0.1) is 0 Å². The quantitative estimate of drug-likeness (QED) is 0.881. The summed E-state index contributed by atoms with van der Waals surface area (Å²) in [7, 11) is 1.58. The summed E-state index contributed by atoms with van der Waals surface area (Å²) in [5.74, 6) is 1.62. The van der Waals surface area contributed by atoms with Gasteiger partial charge in [0, 0.05) is 18.0 Å². The molecule has 0 spiro atoms. The standard InChI is InChI=1S/C13H13BrN2O2/c1-8-5-10(14)13(16-7-8)18-12-6-9(15)3-4-11(12)17-2/h3-7H,15H2,1-2H3. The van der Waals surface area contributed by atoms with Gasteiger partial charge in [0.15, 0.2) is 11.5 Å². The second-order valence-corrected chi connectivity index (χ2v) is 4.67. The van der Waals surface area contributed by atoms with Gasteiger partial charge in [0.2, 0.25) is 5.88 Å². The highest BCUT2D eigenvalue weighted by Gasteiger charge is 2.09. The predicted molar refractivity (Wildman–Crippen MR) is 74.2 cm³/mol. The van der Waals surface area contributed by atoms with Crippen LogP contribution in [0.1, 0.15) is 5.56 Å². The first kappa shape index (κ1) is 12.7. The second kappa shape index (κ2) is 5.27. The van der Waals surface area contributed by atoms with Crippen LogP contribution in [0.3, 0.4) is 0 Å². The molecule has 2 rings (SSSR count). The molecule has 0 radical (unpaired) electrons. The fraction of sp³-hybridized carbons (Fsp3) is 0.154. The van der Waals surface area contributed by atoms with Gasteiger partial charge in [-0.1, -0.05) is 0 Å². The van der Waals surface area contributed by atoms with Gasteiger partial charge in [-0.3, -0.25) is 0 Å². The van der Waals surface area contributed by atoms with Crippen molar-refractivity contribution in [3.8, 4) is 17.4 Å². The Balaban J connectivity index is 2.36. The molecule has 0 saturated heterocycles. The van der Waals surface area contributed by atoms with Crippen molar-refractivity contribution in [3.63, 3.8) is 0 Å². The van der Waals surface area contributed by atoms with Crippen LogP contribution in [0.15, 0.2) is 34.9 Å². The summed E-state index contributed by atoms with van der Waals surface area (Å²) in [6, 6.07) is 7.14. The normalized spacial score (nSPS) is 10.2. The van der Waals surface area contributed by atoms with E-state index in [-0.39, 0.29) is 0 Å². The molecule has 1 aromatic carbocycles. The van der Waals surface area contributed by atoms with Gasteiger partial charge < -0.3 is 15.2 Å². The second-order valence-electron chi connectivity index (χ2n) is 3.81. The van der Waals surface area contributed by atoms with Gasteiger partial charge >= 0.3 is 0 Å². The van der Waals surface area contributed by atoms with Gasteiger partial charge in [-0.25, -0.2) is 4.98 Å². The van der Waals surface area contributed by atoms with E-state index in [1.807, 2.05) is 13.0 Å². The highest BCUT2D eigenvalue weighted by atomic mass is 79.9. The van der Waals surface area contributed by atoms with Crippen molar-refractivity contribution < 1.29 is 9.47 Å². The zero-order chi connectivity index (χ0) is 13.1. The molecular weight excluding hydrogens is 296 g/mol. The smallest absolute Gasteiger partial charge is 0.233 e. The number of nitrogens with zero attached hydrogens (tertiary/aromatic N) is 1. The average molecular weight is 309 g/mol. The number of pyridine rings is 1. The first-order valence-electron chi connectivity index (χ1n) is 5.33. The van der Waals surface area contributed by atoms with Crippen molar-refractivity contribution in [2.75, 3.05) is 12.8 Å². The molecule has 0 unspecified atom stereocenters. The summed E-state index contributed by atoms with van der Waals surface area (Å²) in [4.78, 5) is 4.21. The average Bonchev–Trinajstić information content (AvgIpc) is 2.33. The Hall–Kier alpha value is -1.75. The number of hydrogen-bond donors (Lipinski definition) is 1. The number of halogens is 1. The van der Waals surface area contributed by atoms with Crippen LogP contribution in [-0.2, 0) is 0 Å². The summed E-state index contributed by atoms with van der Waals surface area (Å²) >= 11 is 3.41. The van der Waals surface area contributed by atoms with Crippen LogP contribution in [0, 0.1) is 6.92 Å². The van der Waals surface area contributed by atoms with Gasteiger partial charge in [0.05, 0.1) is 11.6 Å². The number of hydrogen-bond acceptors (Lipinski definition) is 4. The zero-order valence-corrected chi connectivity index (χ0v) is 11.7. The lowest BCUT2D eigenvalue weighted by Crippen LogP contribution is -1.95. The molecule has 5 heteroatoms. The predicted octanol–water partition coefficient (Wildman–Crippen LogP) is 3.54. The Bertz CT molecular complexity index is 573. The lowest BCUT2D eigenvalue weighted by atomic mass is 10.3. The first-order valence-corrected chi connectivity index (χ1v) is 6.13. The number of anilines is 1. The van der Waals surface area contributed by atoms with E-state index in [0.29, 0.717) is 23.1 Å². The van der Waals surface area contributed by atoms with Crippen molar-refractivity contribution in [3.05, 3.63) is 40.5 Å². The monoisotopic (exact) mass is 308 g/mol. The maximum atomic E-state index is 5.73. The molecule has 1 heterocycles. The van der Waals surface area contributed by atoms with Crippen LogP contribution in [0.2, 0.25) is 0 Å². The van der Waals surface area contributed by atoms with E-state index in [0.717, 1.165) is 10.0 Å². The van der Waals surface area contributed by atoms with Crippen LogP contribution in [0.4, 0.5) is 5.69 Å². The van der Waals surface area contributed by atoms with Crippen LogP contribution >= 0.6 is 15.9 Å². The molecular formula is C13H13BrN2O2. The summed E-state index contributed by atoms with van der Waals surface area (Å²) in [6.45, 7) is 1.96. The minimum Gasteiger partial charge on any atom is -0.493 e. The van der Waals surface area contributed by atoms with Crippen LogP contribution in [0.5, 0.6) is 17.4 Å². The van der Waals surface area contributed by atoms with Crippen molar-refractivity contribution in [2.45, 2.75) is 6.92 Å². The molecule has 1 aromatic heterocycles. The number of nitrogen functional groups attached to an aromatic ring is 1. The third kappa shape index (κ3) is 2.73. The van der Waals surface area contributed by atoms with E-state index < -0.39 is 0 Å². The number of ether oxygens (including phenoxy) is 2. The van der Waals surface area contributed by atoms with Crippen LogP contribution in [-0.4, -0.2) is 12.1 Å². The Kier molecular flexibility index (Phi) is 3.72. The molecule has 0 fully saturated rings. The highest BCUT2D eigenvalue weighted by Crippen LogP contribution is 2.35. The number of rotatable bonds is 3. The van der Waals surface area contributed by atoms with E-state index in [1.54, 1.807) is 31.5 Å². The maximum absolute atomic E-state index is 5.73. The molecule has 0 amide bonds. The van der Waals surface area contributed by atoms with Crippen molar-refractivity contribution in [2.24, 2.45) is 0 Å². The summed E-state index contributed by atoms with van der Waals surface area (Å²) in [5, 5.41) is 0. The van der Waals surface area contributed by atoms with Crippen molar-refractivity contribution in [1.82, 2.24) is 4.98 Å². The van der Waals surface area contributed by atoms with E-state index >= 15 is 0 Å². The first-order chi connectivity index (χ1) is 8.60. The van der Waals surface area contributed by atoms with E-state index in [1.165, 1.54) is 0 Å². The summed E-state index contributed by atoms with van der Waals surface area (Å²) in [6.07, 6.45) is 1.73. The van der Waals surface area contributed by atoms with Gasteiger partial charge in [-0.05, 0) is 46.6 Å². The topological polar surface area (TPSA) is 57.4 Å². The number of aromatic nitrogens is 1. The Morgan fingerprint density at radius 1 is 1.22 bits per heavy atom.